The number of halogens is 3. The number of nitrogens with zero attached hydrogens (tertiary/aromatic N) is 3. The fraction of sp³-hybridized carbons (Fsp3) is 0.238. The first kappa shape index (κ1) is 20.2. The SMILES string of the molecule is CCOc1csc(-c2cc(NCCn3c(C)cc4c(F)c(F)cc(F)c43)ncn2)c1. The minimum Gasteiger partial charge on any atom is -0.493 e. The van der Waals surface area contributed by atoms with Gasteiger partial charge in [-0.05, 0) is 19.9 Å². The molecule has 0 atom stereocenters. The Balaban J connectivity index is 1.50. The van der Waals surface area contributed by atoms with Gasteiger partial charge in [0.25, 0.3) is 0 Å². The summed E-state index contributed by atoms with van der Waals surface area (Å²) in [6.45, 7) is 5.01. The Bertz CT molecular complexity index is 1200. The molecule has 0 aliphatic carbocycles. The van der Waals surface area contributed by atoms with Gasteiger partial charge in [-0.1, -0.05) is 0 Å². The Morgan fingerprint density at radius 3 is 2.73 bits per heavy atom. The molecule has 9 heteroatoms. The van der Waals surface area contributed by atoms with E-state index in [0.717, 1.165) is 16.3 Å². The van der Waals surface area contributed by atoms with E-state index in [1.807, 2.05) is 24.4 Å². The molecule has 4 aromatic rings. The van der Waals surface area contributed by atoms with Crippen LogP contribution < -0.4 is 10.1 Å². The molecule has 30 heavy (non-hydrogen) atoms. The molecular formula is C21H19F3N4OS. The molecule has 0 amide bonds. The molecule has 4 rings (SSSR count). The van der Waals surface area contributed by atoms with Gasteiger partial charge >= 0.3 is 0 Å². The first-order valence-corrected chi connectivity index (χ1v) is 10.3. The second kappa shape index (κ2) is 8.35. The largest absolute Gasteiger partial charge is 0.493 e. The van der Waals surface area contributed by atoms with Gasteiger partial charge in [-0.25, -0.2) is 23.1 Å². The van der Waals surface area contributed by atoms with Gasteiger partial charge < -0.3 is 14.6 Å². The standard InChI is InChI=1S/C21H19F3N4OS/c1-3-29-13-7-18(30-10-13)17-9-19(27-11-26-17)25-4-5-28-12(2)6-14-20(24)15(22)8-16(23)21(14)28/h6-11H,3-5H2,1-2H3,(H,25,26,27). The van der Waals surface area contributed by atoms with E-state index in [1.54, 1.807) is 11.5 Å². The lowest BCUT2D eigenvalue weighted by Gasteiger charge is -2.11. The number of aryl methyl sites for hydroxylation is 1. The van der Waals surface area contributed by atoms with Crippen LogP contribution in [0.4, 0.5) is 19.0 Å². The average Bonchev–Trinajstić information content (AvgIpc) is 3.32. The number of hydrogen-bond donors (Lipinski definition) is 1. The normalized spacial score (nSPS) is 11.2. The van der Waals surface area contributed by atoms with E-state index in [-0.39, 0.29) is 10.9 Å². The topological polar surface area (TPSA) is 52.0 Å². The summed E-state index contributed by atoms with van der Waals surface area (Å²) in [5.74, 6) is -1.61. The molecule has 3 aromatic heterocycles. The maximum Gasteiger partial charge on any atom is 0.168 e. The van der Waals surface area contributed by atoms with Gasteiger partial charge in [-0.2, -0.15) is 0 Å². The average molecular weight is 432 g/mol. The third-order valence-corrected chi connectivity index (χ3v) is 5.61. The van der Waals surface area contributed by atoms with Crippen molar-refractivity contribution >= 4 is 28.1 Å². The lowest BCUT2D eigenvalue weighted by atomic mass is 10.2. The minimum absolute atomic E-state index is 0.0543. The van der Waals surface area contributed by atoms with Crippen LogP contribution in [0.5, 0.6) is 5.75 Å². The number of ether oxygens (including phenoxy) is 1. The van der Waals surface area contributed by atoms with E-state index in [9.17, 15) is 13.2 Å². The maximum absolute atomic E-state index is 14.3. The van der Waals surface area contributed by atoms with Crippen molar-refractivity contribution in [2.75, 3.05) is 18.5 Å². The van der Waals surface area contributed by atoms with Crippen LogP contribution in [0.2, 0.25) is 0 Å². The Morgan fingerprint density at radius 1 is 1.10 bits per heavy atom. The van der Waals surface area contributed by atoms with E-state index < -0.39 is 17.5 Å². The van der Waals surface area contributed by atoms with E-state index in [1.165, 1.54) is 23.7 Å². The van der Waals surface area contributed by atoms with E-state index in [4.69, 9.17) is 4.74 Å². The van der Waals surface area contributed by atoms with Gasteiger partial charge in [0.2, 0.25) is 0 Å². The molecule has 5 nitrogen and oxygen atoms in total. The van der Waals surface area contributed by atoms with Crippen LogP contribution >= 0.6 is 11.3 Å². The summed E-state index contributed by atoms with van der Waals surface area (Å²) < 4.78 is 48.9. The quantitative estimate of drug-likeness (QED) is 0.398. The smallest absolute Gasteiger partial charge is 0.168 e. The van der Waals surface area contributed by atoms with Crippen LogP contribution in [0.3, 0.4) is 0 Å². The summed E-state index contributed by atoms with van der Waals surface area (Å²) in [5, 5.41) is 5.04. The van der Waals surface area contributed by atoms with Crippen LogP contribution in [-0.4, -0.2) is 27.7 Å². The molecule has 0 fully saturated rings. The number of rotatable bonds is 7. The third kappa shape index (κ3) is 3.85. The molecule has 1 aromatic carbocycles. The molecular weight excluding hydrogens is 413 g/mol. The van der Waals surface area contributed by atoms with Crippen molar-refractivity contribution in [2.24, 2.45) is 0 Å². The summed E-state index contributed by atoms with van der Waals surface area (Å²) in [6.07, 6.45) is 1.46. The second-order valence-electron chi connectivity index (χ2n) is 6.65. The highest BCUT2D eigenvalue weighted by atomic mass is 32.1. The molecule has 0 unspecified atom stereocenters. The van der Waals surface area contributed by atoms with Crippen molar-refractivity contribution in [2.45, 2.75) is 20.4 Å². The molecule has 0 spiro atoms. The van der Waals surface area contributed by atoms with Gasteiger partial charge in [0.1, 0.15) is 17.9 Å². The number of fused-ring (bicyclic) bond motifs is 1. The minimum atomic E-state index is -1.19. The molecule has 0 radical (unpaired) electrons. The number of anilines is 1. The Hall–Kier alpha value is -3.07. The molecule has 1 N–H and O–H groups in total. The summed E-state index contributed by atoms with van der Waals surface area (Å²) in [7, 11) is 0. The van der Waals surface area contributed by atoms with Crippen molar-refractivity contribution in [3.05, 3.63) is 59.1 Å². The van der Waals surface area contributed by atoms with Crippen LogP contribution in [0.25, 0.3) is 21.5 Å². The molecule has 0 aliphatic rings. The van der Waals surface area contributed by atoms with Gasteiger partial charge in [0.15, 0.2) is 17.5 Å². The Labute approximate surface area is 175 Å². The Kier molecular flexibility index (Phi) is 5.63. The van der Waals surface area contributed by atoms with Crippen LogP contribution in [0.15, 0.2) is 36.0 Å². The van der Waals surface area contributed by atoms with Crippen LogP contribution in [-0.2, 0) is 6.54 Å². The van der Waals surface area contributed by atoms with E-state index in [0.29, 0.717) is 37.3 Å². The summed E-state index contributed by atoms with van der Waals surface area (Å²) in [6, 6.07) is 5.77. The number of hydrogen-bond acceptors (Lipinski definition) is 5. The van der Waals surface area contributed by atoms with Gasteiger partial charge in [-0.15, -0.1) is 11.3 Å². The van der Waals surface area contributed by atoms with Crippen molar-refractivity contribution in [3.63, 3.8) is 0 Å². The molecule has 0 saturated carbocycles. The van der Waals surface area contributed by atoms with Crippen molar-refractivity contribution in [1.82, 2.24) is 14.5 Å². The van der Waals surface area contributed by atoms with Crippen molar-refractivity contribution in [1.29, 1.82) is 0 Å². The fourth-order valence-electron chi connectivity index (χ4n) is 3.34. The van der Waals surface area contributed by atoms with E-state index >= 15 is 0 Å². The first-order chi connectivity index (χ1) is 14.5. The highest BCUT2D eigenvalue weighted by molar-refractivity contribution is 7.13. The van der Waals surface area contributed by atoms with Crippen LogP contribution in [0.1, 0.15) is 12.6 Å². The lowest BCUT2D eigenvalue weighted by molar-refractivity contribution is 0.342. The van der Waals surface area contributed by atoms with Crippen molar-refractivity contribution in [3.8, 4) is 16.3 Å². The molecule has 3 heterocycles. The Morgan fingerprint density at radius 2 is 1.93 bits per heavy atom. The van der Waals surface area contributed by atoms with Gasteiger partial charge in [0, 0.05) is 47.7 Å². The predicted molar refractivity (Wildman–Crippen MR) is 112 cm³/mol. The number of aromatic nitrogens is 3. The lowest BCUT2D eigenvalue weighted by Crippen LogP contribution is -2.13. The summed E-state index contributed by atoms with van der Waals surface area (Å²) in [4.78, 5) is 9.46. The highest BCUT2D eigenvalue weighted by Gasteiger charge is 2.18. The number of nitrogens with one attached hydrogen (secondary N) is 1. The zero-order valence-electron chi connectivity index (χ0n) is 16.4. The second-order valence-corrected chi connectivity index (χ2v) is 7.56. The monoisotopic (exact) mass is 432 g/mol. The number of benzene rings is 1. The zero-order valence-corrected chi connectivity index (χ0v) is 17.2. The van der Waals surface area contributed by atoms with Gasteiger partial charge in [-0.3, -0.25) is 0 Å². The summed E-state index contributed by atoms with van der Waals surface area (Å²) >= 11 is 1.53. The maximum atomic E-state index is 14.3. The number of thiophene rings is 1. The van der Waals surface area contributed by atoms with E-state index in [2.05, 4.69) is 15.3 Å². The first-order valence-electron chi connectivity index (χ1n) is 9.39. The third-order valence-electron chi connectivity index (χ3n) is 4.68. The molecule has 0 saturated heterocycles. The predicted octanol–water partition coefficient (Wildman–Crippen LogP) is 5.40. The highest BCUT2D eigenvalue weighted by Crippen LogP contribution is 2.31. The molecule has 156 valence electrons. The van der Waals surface area contributed by atoms with Crippen molar-refractivity contribution < 1.29 is 17.9 Å². The molecule has 0 bridgehead atoms. The van der Waals surface area contributed by atoms with Gasteiger partial charge in [0.05, 0.1) is 22.7 Å². The fourth-order valence-corrected chi connectivity index (χ4v) is 4.14. The zero-order chi connectivity index (χ0) is 21.3. The molecule has 0 aliphatic heterocycles. The summed E-state index contributed by atoms with van der Waals surface area (Å²) in [5.41, 5.74) is 1.45. The van der Waals surface area contributed by atoms with Crippen LogP contribution in [0, 0.1) is 24.4 Å².